The van der Waals surface area contributed by atoms with E-state index in [1.165, 1.54) is 0 Å². The highest BCUT2D eigenvalue weighted by Crippen LogP contribution is 1.79. The lowest BCUT2D eigenvalue weighted by Gasteiger charge is -1.76. The van der Waals surface area contributed by atoms with Crippen molar-refractivity contribution in [2.24, 2.45) is 0 Å². The van der Waals surface area contributed by atoms with Crippen LogP contribution < -0.4 is 0 Å². The van der Waals surface area contributed by atoms with Crippen LogP contribution in [0.3, 0.4) is 0 Å². The average molecular weight is 156 g/mol. The van der Waals surface area contributed by atoms with E-state index in [9.17, 15) is 0 Å². The molecule has 0 aliphatic heterocycles. The van der Waals surface area contributed by atoms with Gasteiger partial charge in [0.25, 0.3) is 0 Å². The van der Waals surface area contributed by atoms with Crippen LogP contribution in [0.15, 0.2) is 36.4 Å². The van der Waals surface area contributed by atoms with E-state index in [0.717, 1.165) is 6.61 Å². The maximum absolute atomic E-state index is 4.54. The summed E-state index contributed by atoms with van der Waals surface area (Å²) in [5.74, 6) is 0. The number of ether oxygens (including phenoxy) is 1. The van der Waals surface area contributed by atoms with Gasteiger partial charge in [0.15, 0.2) is 0 Å². The summed E-state index contributed by atoms with van der Waals surface area (Å²) in [5.41, 5.74) is 0. The maximum atomic E-state index is 4.54. The normalized spacial score (nSPS) is 7.09. The highest BCUT2D eigenvalue weighted by molar-refractivity contribution is 4.99. The first-order chi connectivity index (χ1) is 4.91. The van der Waals surface area contributed by atoms with Crippen LogP contribution in [-0.2, 0) is 4.74 Å². The van der Waals surface area contributed by atoms with Gasteiger partial charge in [-0.15, -0.1) is 0 Å². The van der Waals surface area contributed by atoms with Gasteiger partial charge in [0.05, 0.1) is 0 Å². The fraction of sp³-hybridized carbons (Fsp3) is 0.333. The summed E-state index contributed by atoms with van der Waals surface area (Å²) in [6, 6.07) is 12.0. The lowest BCUT2D eigenvalue weighted by Crippen LogP contribution is -1.73. The molecule has 1 rings (SSSR count). The van der Waals surface area contributed by atoms with Crippen molar-refractivity contribution in [2.75, 3.05) is 13.7 Å². The van der Waals surface area contributed by atoms with Crippen molar-refractivity contribution in [3.8, 4) is 0 Å². The fourth-order valence-corrected chi connectivity index (χ4v) is 0.385. The monoisotopic (exact) mass is 156 g/mol. The largest absolute Gasteiger partial charge is 0.412 e. The van der Waals surface area contributed by atoms with Gasteiger partial charge in [-0.2, -0.15) is 0 Å². The van der Waals surface area contributed by atoms with Crippen molar-refractivity contribution in [3.63, 3.8) is 0 Å². The molecular weight excluding hydrogens is 140 g/mol. The van der Waals surface area contributed by atoms with Crippen molar-refractivity contribution in [2.45, 2.75) is 6.92 Å². The minimum absolute atomic E-state index is 0. The van der Waals surface area contributed by atoms with Crippen LogP contribution in [0.1, 0.15) is 6.92 Å². The number of rotatable bonds is 1. The average Bonchev–Trinajstić information content (AvgIpc) is 2.08. The zero-order valence-corrected chi connectivity index (χ0v) is 7.08. The summed E-state index contributed by atoms with van der Waals surface area (Å²) < 4.78 is 4.54. The van der Waals surface area contributed by atoms with Gasteiger partial charge in [-0.25, -0.2) is 0 Å². The SMILES string of the molecule is CCOC.O.c1ccccc1. The third-order valence-corrected chi connectivity index (χ3v) is 0.955. The van der Waals surface area contributed by atoms with E-state index in [4.69, 9.17) is 0 Å². The molecule has 0 aliphatic rings. The van der Waals surface area contributed by atoms with Crippen molar-refractivity contribution >= 4 is 0 Å². The second-order valence-electron chi connectivity index (χ2n) is 1.73. The third-order valence-electron chi connectivity index (χ3n) is 0.955. The predicted octanol–water partition coefficient (Wildman–Crippen LogP) is 1.51. The van der Waals surface area contributed by atoms with E-state index in [2.05, 4.69) is 4.74 Å². The molecule has 0 bridgehead atoms. The molecule has 11 heavy (non-hydrogen) atoms. The first kappa shape index (κ1) is 12.8. The molecule has 0 saturated carbocycles. The Kier molecular flexibility index (Phi) is 13.8. The van der Waals surface area contributed by atoms with Gasteiger partial charge in [-0.05, 0) is 6.92 Å². The zero-order chi connectivity index (χ0) is 7.66. The second kappa shape index (κ2) is 11.9. The predicted molar refractivity (Wildman–Crippen MR) is 47.6 cm³/mol. The Balaban J connectivity index is 0. The Morgan fingerprint density at radius 3 is 1.18 bits per heavy atom. The van der Waals surface area contributed by atoms with Crippen LogP contribution in [-0.4, -0.2) is 19.2 Å². The zero-order valence-electron chi connectivity index (χ0n) is 7.08. The summed E-state index contributed by atoms with van der Waals surface area (Å²) in [6.07, 6.45) is 0. The Hall–Kier alpha value is -0.860. The molecule has 2 N–H and O–H groups in total. The van der Waals surface area contributed by atoms with E-state index in [0.29, 0.717) is 0 Å². The Labute approximate surface area is 68.1 Å². The van der Waals surface area contributed by atoms with Crippen LogP contribution in [0.4, 0.5) is 0 Å². The highest BCUT2D eigenvalue weighted by atomic mass is 16.5. The summed E-state index contributed by atoms with van der Waals surface area (Å²) in [7, 11) is 1.68. The molecule has 1 aromatic carbocycles. The van der Waals surface area contributed by atoms with Gasteiger partial charge in [0.2, 0.25) is 0 Å². The van der Waals surface area contributed by atoms with Gasteiger partial charge in [0.1, 0.15) is 0 Å². The molecule has 2 heteroatoms. The molecule has 0 saturated heterocycles. The first-order valence-electron chi connectivity index (χ1n) is 3.40. The summed E-state index contributed by atoms with van der Waals surface area (Å²) in [4.78, 5) is 0. The quantitative estimate of drug-likeness (QED) is 0.607. The fourth-order valence-electron chi connectivity index (χ4n) is 0.385. The smallest absolute Gasteiger partial charge is 0.0433 e. The third kappa shape index (κ3) is 12.4. The van der Waals surface area contributed by atoms with E-state index in [-0.39, 0.29) is 5.48 Å². The molecule has 0 unspecified atom stereocenters. The van der Waals surface area contributed by atoms with Crippen molar-refractivity contribution in [1.29, 1.82) is 0 Å². The van der Waals surface area contributed by atoms with E-state index in [1.54, 1.807) is 7.11 Å². The Morgan fingerprint density at radius 2 is 1.09 bits per heavy atom. The lowest BCUT2D eigenvalue weighted by atomic mass is 10.4. The van der Waals surface area contributed by atoms with E-state index < -0.39 is 0 Å². The molecule has 0 fully saturated rings. The van der Waals surface area contributed by atoms with Crippen molar-refractivity contribution in [1.82, 2.24) is 0 Å². The molecule has 0 aliphatic carbocycles. The first-order valence-corrected chi connectivity index (χ1v) is 3.40. The summed E-state index contributed by atoms with van der Waals surface area (Å²) in [5, 5.41) is 0. The molecule has 0 amide bonds. The van der Waals surface area contributed by atoms with Crippen LogP contribution in [0.5, 0.6) is 0 Å². The van der Waals surface area contributed by atoms with Crippen LogP contribution in [0, 0.1) is 0 Å². The van der Waals surface area contributed by atoms with Crippen LogP contribution >= 0.6 is 0 Å². The van der Waals surface area contributed by atoms with Gasteiger partial charge in [-0.3, -0.25) is 0 Å². The minimum atomic E-state index is 0. The van der Waals surface area contributed by atoms with E-state index in [1.807, 2.05) is 43.3 Å². The Bertz CT molecular complexity index is 99.5. The molecule has 0 aromatic heterocycles. The number of methoxy groups -OCH3 is 1. The summed E-state index contributed by atoms with van der Waals surface area (Å²) >= 11 is 0. The minimum Gasteiger partial charge on any atom is -0.412 e. The van der Waals surface area contributed by atoms with Crippen LogP contribution in [0.25, 0.3) is 0 Å². The van der Waals surface area contributed by atoms with Gasteiger partial charge in [0, 0.05) is 13.7 Å². The van der Waals surface area contributed by atoms with Gasteiger partial charge >= 0.3 is 0 Å². The molecule has 0 spiro atoms. The number of hydrogen-bond acceptors (Lipinski definition) is 1. The summed E-state index contributed by atoms with van der Waals surface area (Å²) in [6.45, 7) is 2.78. The van der Waals surface area contributed by atoms with Crippen molar-refractivity contribution in [3.05, 3.63) is 36.4 Å². The molecule has 0 atom stereocenters. The Morgan fingerprint density at radius 1 is 0.909 bits per heavy atom. The molecular formula is C9H16O2. The number of hydrogen-bond donors (Lipinski definition) is 0. The molecule has 0 radical (unpaired) electrons. The maximum Gasteiger partial charge on any atom is 0.0433 e. The van der Waals surface area contributed by atoms with Crippen molar-refractivity contribution < 1.29 is 10.2 Å². The highest BCUT2D eigenvalue weighted by Gasteiger charge is 1.57. The van der Waals surface area contributed by atoms with Crippen LogP contribution in [0.2, 0.25) is 0 Å². The standard InChI is InChI=1S/C6H6.C3H8O.H2O/c1-2-4-6-5-3-1;1-3-4-2;/h1-6H;3H2,1-2H3;1H2. The number of benzene rings is 1. The molecule has 64 valence electrons. The topological polar surface area (TPSA) is 40.7 Å². The van der Waals surface area contributed by atoms with Gasteiger partial charge < -0.3 is 10.2 Å². The lowest BCUT2D eigenvalue weighted by molar-refractivity contribution is 0.215. The molecule has 1 aromatic rings. The second-order valence-corrected chi connectivity index (χ2v) is 1.73. The van der Waals surface area contributed by atoms with Gasteiger partial charge in [-0.1, -0.05) is 36.4 Å². The molecule has 2 nitrogen and oxygen atoms in total. The van der Waals surface area contributed by atoms with E-state index >= 15 is 0 Å². The molecule has 0 heterocycles.